The van der Waals surface area contributed by atoms with E-state index in [1.54, 1.807) is 25.1 Å². The van der Waals surface area contributed by atoms with E-state index in [1.807, 2.05) is 32.8 Å². The van der Waals surface area contributed by atoms with Crippen molar-refractivity contribution in [1.82, 2.24) is 14.9 Å². The van der Waals surface area contributed by atoms with Crippen LogP contribution in [0.2, 0.25) is 0 Å². The second kappa shape index (κ2) is 6.67. The smallest absolute Gasteiger partial charge is 0.241 e. The summed E-state index contributed by atoms with van der Waals surface area (Å²) in [6, 6.07) is 4.52. The molecule has 1 aromatic heterocycles. The molecule has 0 aliphatic rings. The first-order chi connectivity index (χ1) is 10.7. The first-order valence-electron chi connectivity index (χ1n) is 7.35. The first-order valence-corrected chi connectivity index (χ1v) is 8.83. The Morgan fingerprint density at radius 1 is 1.30 bits per heavy atom. The van der Waals surface area contributed by atoms with Gasteiger partial charge in [0.05, 0.1) is 10.9 Å². The van der Waals surface area contributed by atoms with Crippen molar-refractivity contribution in [3.8, 4) is 0 Å². The summed E-state index contributed by atoms with van der Waals surface area (Å²) in [5.74, 6) is 0.747. The van der Waals surface area contributed by atoms with Crippen LogP contribution in [-0.4, -0.2) is 32.7 Å². The summed E-state index contributed by atoms with van der Waals surface area (Å²) in [4.78, 5) is 6.20. The number of nitrogens with zero attached hydrogens (tertiary/aromatic N) is 3. The molecule has 126 valence electrons. The van der Waals surface area contributed by atoms with E-state index in [0.717, 1.165) is 11.3 Å². The van der Waals surface area contributed by atoms with Crippen molar-refractivity contribution in [1.29, 1.82) is 0 Å². The summed E-state index contributed by atoms with van der Waals surface area (Å²) < 4.78 is 32.9. The lowest BCUT2D eigenvalue weighted by atomic mass is 10.2. The van der Waals surface area contributed by atoms with Gasteiger partial charge in [-0.3, -0.25) is 0 Å². The minimum absolute atomic E-state index is 0.213. The maximum atomic E-state index is 12.7. The highest BCUT2D eigenvalue weighted by atomic mass is 32.2. The lowest BCUT2D eigenvalue weighted by Crippen LogP contribution is -2.29. The molecule has 0 saturated heterocycles. The molecule has 23 heavy (non-hydrogen) atoms. The van der Waals surface area contributed by atoms with Crippen molar-refractivity contribution in [2.75, 3.05) is 19.0 Å². The third kappa shape index (κ3) is 3.89. The van der Waals surface area contributed by atoms with Gasteiger partial charge in [-0.15, -0.1) is 0 Å². The van der Waals surface area contributed by atoms with Crippen molar-refractivity contribution >= 4 is 15.7 Å². The van der Waals surface area contributed by atoms with Crippen LogP contribution < -0.4 is 9.62 Å². The predicted octanol–water partition coefficient (Wildman–Crippen LogP) is 2.18. The van der Waals surface area contributed by atoms with Crippen LogP contribution in [0.4, 0.5) is 5.69 Å². The molecular weight excluding hydrogens is 316 g/mol. The molecule has 7 nitrogen and oxygen atoms in total. The molecule has 1 N–H and O–H groups in total. The van der Waals surface area contributed by atoms with Gasteiger partial charge in [-0.2, -0.15) is 4.98 Å². The second-order valence-corrected chi connectivity index (χ2v) is 7.31. The van der Waals surface area contributed by atoms with E-state index < -0.39 is 16.1 Å². The van der Waals surface area contributed by atoms with Crippen molar-refractivity contribution in [2.24, 2.45) is 0 Å². The SMILES string of the molecule is CC[C@@H](NS(=O)(=O)c1ccc(C)c(N(C)C)c1)c1noc(C)n1. The molecule has 2 rings (SSSR count). The molecule has 0 unspecified atom stereocenters. The molecule has 1 aromatic carbocycles. The maximum Gasteiger partial charge on any atom is 0.241 e. The third-order valence-electron chi connectivity index (χ3n) is 3.53. The standard InChI is InChI=1S/C15H22N4O3S/c1-6-13(15-16-11(3)22-17-15)18-23(20,21)12-8-7-10(2)14(9-12)19(4)5/h7-9,13,18H,6H2,1-5H3/t13-/m1/s1. The minimum Gasteiger partial charge on any atom is -0.377 e. The van der Waals surface area contributed by atoms with E-state index in [-0.39, 0.29) is 4.90 Å². The number of sulfonamides is 1. The Morgan fingerprint density at radius 2 is 2.00 bits per heavy atom. The minimum atomic E-state index is -3.68. The third-order valence-corrected chi connectivity index (χ3v) is 5.00. The number of hydrogen-bond acceptors (Lipinski definition) is 6. The lowest BCUT2D eigenvalue weighted by Gasteiger charge is -2.18. The average Bonchev–Trinajstić information content (AvgIpc) is 2.91. The van der Waals surface area contributed by atoms with Crippen LogP contribution in [0, 0.1) is 13.8 Å². The van der Waals surface area contributed by atoms with Crippen molar-refractivity contribution in [3.63, 3.8) is 0 Å². The van der Waals surface area contributed by atoms with E-state index in [0.29, 0.717) is 18.1 Å². The van der Waals surface area contributed by atoms with Gasteiger partial charge in [0.25, 0.3) is 0 Å². The first kappa shape index (κ1) is 17.4. The van der Waals surface area contributed by atoms with Crippen molar-refractivity contribution < 1.29 is 12.9 Å². The fourth-order valence-electron chi connectivity index (χ4n) is 2.27. The van der Waals surface area contributed by atoms with E-state index in [4.69, 9.17) is 4.52 Å². The maximum absolute atomic E-state index is 12.7. The van der Waals surface area contributed by atoms with Crippen LogP contribution in [0.1, 0.15) is 36.7 Å². The zero-order chi connectivity index (χ0) is 17.2. The van der Waals surface area contributed by atoms with Gasteiger partial charge in [0, 0.05) is 26.7 Å². The molecule has 0 amide bonds. The normalized spacial score (nSPS) is 13.1. The molecule has 0 spiro atoms. The van der Waals surface area contributed by atoms with E-state index in [9.17, 15) is 8.42 Å². The number of hydrogen-bond donors (Lipinski definition) is 1. The summed E-state index contributed by atoms with van der Waals surface area (Å²) in [6.07, 6.45) is 0.518. The highest BCUT2D eigenvalue weighted by Gasteiger charge is 2.24. The molecule has 1 heterocycles. The average molecular weight is 338 g/mol. The van der Waals surface area contributed by atoms with Crippen LogP contribution in [0.5, 0.6) is 0 Å². The Morgan fingerprint density at radius 3 is 2.52 bits per heavy atom. The summed E-state index contributed by atoms with van der Waals surface area (Å²) in [7, 11) is 0.0745. The van der Waals surface area contributed by atoms with Gasteiger partial charge in [0.15, 0.2) is 5.82 Å². The Bertz CT molecular complexity index is 784. The second-order valence-electron chi connectivity index (χ2n) is 5.60. The fraction of sp³-hybridized carbons (Fsp3) is 0.467. The quantitative estimate of drug-likeness (QED) is 0.868. The number of rotatable bonds is 6. The lowest BCUT2D eigenvalue weighted by molar-refractivity contribution is 0.380. The summed E-state index contributed by atoms with van der Waals surface area (Å²) in [5, 5.41) is 3.80. The number of aryl methyl sites for hydroxylation is 2. The van der Waals surface area contributed by atoms with Gasteiger partial charge < -0.3 is 9.42 Å². The molecule has 8 heteroatoms. The van der Waals surface area contributed by atoms with Gasteiger partial charge in [-0.05, 0) is 31.0 Å². The molecule has 0 aliphatic carbocycles. The molecule has 0 radical (unpaired) electrons. The molecule has 0 fully saturated rings. The molecule has 0 bridgehead atoms. The number of anilines is 1. The Kier molecular flexibility index (Phi) is 5.06. The van der Waals surface area contributed by atoms with Crippen LogP contribution in [0.3, 0.4) is 0 Å². The summed E-state index contributed by atoms with van der Waals surface area (Å²) in [6.45, 7) is 5.47. The summed E-state index contributed by atoms with van der Waals surface area (Å²) in [5.41, 5.74) is 1.87. The van der Waals surface area contributed by atoms with Gasteiger partial charge in [0.1, 0.15) is 0 Å². The predicted molar refractivity (Wildman–Crippen MR) is 87.9 cm³/mol. The highest BCUT2D eigenvalue weighted by molar-refractivity contribution is 7.89. The van der Waals surface area contributed by atoms with E-state index in [2.05, 4.69) is 14.9 Å². The number of nitrogens with one attached hydrogen (secondary N) is 1. The van der Waals surface area contributed by atoms with Crippen LogP contribution in [-0.2, 0) is 10.0 Å². The molecule has 2 aromatic rings. The molecule has 0 saturated carbocycles. The summed E-state index contributed by atoms with van der Waals surface area (Å²) >= 11 is 0. The highest BCUT2D eigenvalue weighted by Crippen LogP contribution is 2.24. The monoisotopic (exact) mass is 338 g/mol. The van der Waals surface area contributed by atoms with Crippen LogP contribution >= 0.6 is 0 Å². The van der Waals surface area contributed by atoms with Gasteiger partial charge in [-0.25, -0.2) is 13.1 Å². The zero-order valence-corrected chi connectivity index (χ0v) is 14.8. The topological polar surface area (TPSA) is 88.3 Å². The molecule has 0 aliphatic heterocycles. The number of aromatic nitrogens is 2. The van der Waals surface area contributed by atoms with Gasteiger partial charge >= 0.3 is 0 Å². The number of benzene rings is 1. The fourth-order valence-corrected chi connectivity index (χ4v) is 3.57. The van der Waals surface area contributed by atoms with Crippen LogP contribution in [0.25, 0.3) is 0 Å². The Balaban J connectivity index is 2.32. The van der Waals surface area contributed by atoms with Crippen molar-refractivity contribution in [2.45, 2.75) is 38.1 Å². The molecular formula is C15H22N4O3S. The zero-order valence-electron chi connectivity index (χ0n) is 14.0. The van der Waals surface area contributed by atoms with Crippen LogP contribution in [0.15, 0.2) is 27.6 Å². The van der Waals surface area contributed by atoms with E-state index in [1.165, 1.54) is 0 Å². The Hall–Kier alpha value is -1.93. The van der Waals surface area contributed by atoms with Gasteiger partial charge in [-0.1, -0.05) is 18.1 Å². The molecule has 1 atom stereocenters. The Labute approximate surface area is 136 Å². The van der Waals surface area contributed by atoms with Gasteiger partial charge in [0.2, 0.25) is 15.9 Å². The van der Waals surface area contributed by atoms with Crippen molar-refractivity contribution in [3.05, 3.63) is 35.5 Å². The largest absolute Gasteiger partial charge is 0.377 e. The van der Waals surface area contributed by atoms with E-state index >= 15 is 0 Å².